The number of carbonyl (C=O) groups excluding carboxylic acids is 1. The van der Waals surface area contributed by atoms with Gasteiger partial charge in [-0.2, -0.15) is 0 Å². The lowest BCUT2D eigenvalue weighted by molar-refractivity contribution is -0.139. The summed E-state index contributed by atoms with van der Waals surface area (Å²) in [5.41, 5.74) is 0.374. The molecule has 0 spiro atoms. The van der Waals surface area contributed by atoms with Crippen LogP contribution in [0.4, 0.5) is 4.79 Å². The average molecular weight is 254 g/mol. The molecule has 0 aromatic heterocycles. The second-order valence-corrected chi connectivity index (χ2v) is 5.11. The van der Waals surface area contributed by atoms with Crippen molar-refractivity contribution in [3.8, 4) is 0 Å². The van der Waals surface area contributed by atoms with Gasteiger partial charge >= 0.3 is 12.0 Å². The van der Waals surface area contributed by atoms with Gasteiger partial charge in [0.25, 0.3) is 0 Å². The highest BCUT2D eigenvalue weighted by Crippen LogP contribution is 2.35. The molecule has 1 aliphatic rings. The van der Waals surface area contributed by atoms with Crippen LogP contribution in [0.2, 0.25) is 0 Å². The number of hydrogen-bond acceptors (Lipinski definition) is 2. The predicted molar refractivity (Wildman–Crippen MR) is 69.4 cm³/mol. The van der Waals surface area contributed by atoms with Crippen LogP contribution in [0, 0.1) is 0 Å². The van der Waals surface area contributed by atoms with Gasteiger partial charge < -0.3 is 15.3 Å². The maximum Gasteiger partial charge on any atom is 0.318 e. The van der Waals surface area contributed by atoms with E-state index in [1.54, 1.807) is 4.90 Å². The van der Waals surface area contributed by atoms with Crippen LogP contribution in [-0.2, 0) is 4.79 Å². The van der Waals surface area contributed by atoms with Crippen LogP contribution in [0.3, 0.4) is 0 Å². The second-order valence-electron chi connectivity index (χ2n) is 5.11. The van der Waals surface area contributed by atoms with Crippen LogP contribution in [0.15, 0.2) is 12.2 Å². The molecule has 0 radical (unpaired) electrons. The molecule has 18 heavy (non-hydrogen) atoms. The number of nitrogens with one attached hydrogen (secondary N) is 1. The molecule has 0 heterocycles. The Morgan fingerprint density at radius 2 is 2.06 bits per heavy atom. The lowest BCUT2D eigenvalue weighted by Gasteiger charge is -2.42. The largest absolute Gasteiger partial charge is 0.481 e. The van der Waals surface area contributed by atoms with Gasteiger partial charge in [-0.25, -0.2) is 4.79 Å². The third-order valence-electron chi connectivity index (χ3n) is 3.30. The van der Waals surface area contributed by atoms with Gasteiger partial charge in [0, 0.05) is 13.1 Å². The van der Waals surface area contributed by atoms with E-state index in [4.69, 9.17) is 5.11 Å². The Kier molecular flexibility index (Phi) is 4.76. The third kappa shape index (κ3) is 3.75. The van der Waals surface area contributed by atoms with Crippen molar-refractivity contribution >= 4 is 12.0 Å². The first-order chi connectivity index (χ1) is 8.38. The van der Waals surface area contributed by atoms with Crippen molar-refractivity contribution in [2.75, 3.05) is 13.1 Å². The molecule has 0 aromatic carbocycles. The normalized spacial score (nSPS) is 16.6. The molecule has 0 unspecified atom stereocenters. The Balaban J connectivity index is 2.60. The van der Waals surface area contributed by atoms with E-state index in [0.29, 0.717) is 13.1 Å². The highest BCUT2D eigenvalue weighted by atomic mass is 16.4. The number of hydrogen-bond donors (Lipinski definition) is 2. The molecular formula is C13H22N2O3. The van der Waals surface area contributed by atoms with E-state index in [9.17, 15) is 9.59 Å². The average Bonchev–Trinajstić information content (AvgIpc) is 2.21. The first-order valence-corrected chi connectivity index (χ1v) is 6.32. The molecule has 0 atom stereocenters. The predicted octanol–water partition coefficient (Wildman–Crippen LogP) is 1.99. The first-order valence-electron chi connectivity index (χ1n) is 6.32. The SMILES string of the molecule is C=C(C)CN(CC)C(=O)NC1(CC(=O)O)CCC1. The highest BCUT2D eigenvalue weighted by molar-refractivity contribution is 5.77. The van der Waals surface area contributed by atoms with Crippen molar-refractivity contribution in [1.29, 1.82) is 0 Å². The molecular weight excluding hydrogens is 232 g/mol. The number of urea groups is 1. The van der Waals surface area contributed by atoms with E-state index in [-0.39, 0.29) is 12.5 Å². The minimum absolute atomic E-state index is 0.00334. The summed E-state index contributed by atoms with van der Waals surface area (Å²) in [6.07, 6.45) is 2.47. The second kappa shape index (κ2) is 5.89. The molecule has 2 amide bonds. The van der Waals surface area contributed by atoms with Crippen molar-refractivity contribution in [1.82, 2.24) is 10.2 Å². The lowest BCUT2D eigenvalue weighted by atomic mass is 9.74. The van der Waals surface area contributed by atoms with E-state index < -0.39 is 11.5 Å². The number of aliphatic carboxylic acids is 1. The van der Waals surface area contributed by atoms with Crippen molar-refractivity contribution < 1.29 is 14.7 Å². The molecule has 1 saturated carbocycles. The van der Waals surface area contributed by atoms with Gasteiger partial charge in [0.1, 0.15) is 0 Å². The van der Waals surface area contributed by atoms with Gasteiger partial charge in [-0.1, -0.05) is 12.2 Å². The summed E-state index contributed by atoms with van der Waals surface area (Å²) in [5.74, 6) is -0.863. The molecule has 1 rings (SSSR count). The summed E-state index contributed by atoms with van der Waals surface area (Å²) in [4.78, 5) is 24.6. The third-order valence-corrected chi connectivity index (χ3v) is 3.30. The Labute approximate surface area is 108 Å². The zero-order valence-corrected chi connectivity index (χ0v) is 11.2. The maximum atomic E-state index is 12.1. The Hall–Kier alpha value is -1.52. The molecule has 0 aliphatic heterocycles. The van der Waals surface area contributed by atoms with Gasteiger partial charge in [0.15, 0.2) is 0 Å². The molecule has 1 aliphatic carbocycles. The van der Waals surface area contributed by atoms with Crippen molar-refractivity contribution in [2.24, 2.45) is 0 Å². The molecule has 5 heteroatoms. The first kappa shape index (κ1) is 14.5. The Morgan fingerprint density at radius 1 is 1.44 bits per heavy atom. The van der Waals surface area contributed by atoms with Gasteiger partial charge in [0.2, 0.25) is 0 Å². The molecule has 0 bridgehead atoms. The molecule has 102 valence electrons. The van der Waals surface area contributed by atoms with Gasteiger partial charge in [-0.15, -0.1) is 0 Å². The number of likely N-dealkylation sites (N-methyl/N-ethyl adjacent to an activating group) is 1. The van der Waals surface area contributed by atoms with Crippen molar-refractivity contribution in [3.05, 3.63) is 12.2 Å². The van der Waals surface area contributed by atoms with Gasteiger partial charge in [0.05, 0.1) is 12.0 Å². The summed E-state index contributed by atoms with van der Waals surface area (Å²) in [5, 5.41) is 11.8. The van der Waals surface area contributed by atoms with Crippen LogP contribution in [-0.4, -0.2) is 40.6 Å². The number of rotatable bonds is 6. The van der Waals surface area contributed by atoms with E-state index in [1.807, 2.05) is 13.8 Å². The maximum absolute atomic E-state index is 12.1. The highest BCUT2D eigenvalue weighted by Gasteiger charge is 2.41. The summed E-state index contributed by atoms with van der Waals surface area (Å²) < 4.78 is 0. The number of amides is 2. The van der Waals surface area contributed by atoms with Gasteiger partial charge in [-0.05, 0) is 33.1 Å². The van der Waals surface area contributed by atoms with E-state index in [2.05, 4.69) is 11.9 Å². The molecule has 5 nitrogen and oxygen atoms in total. The molecule has 2 N–H and O–H groups in total. The van der Waals surface area contributed by atoms with Crippen molar-refractivity contribution in [3.63, 3.8) is 0 Å². The Bertz CT molecular complexity index is 348. The summed E-state index contributed by atoms with van der Waals surface area (Å²) in [7, 11) is 0. The standard InChI is InChI=1S/C13H22N2O3/c1-4-15(9-10(2)3)12(18)14-13(6-5-7-13)8-11(16)17/h2,4-9H2,1,3H3,(H,14,18)(H,16,17). The number of carbonyl (C=O) groups is 2. The van der Waals surface area contributed by atoms with E-state index in [1.165, 1.54) is 0 Å². The smallest absolute Gasteiger partial charge is 0.318 e. The number of carboxylic acids is 1. The van der Waals surface area contributed by atoms with E-state index >= 15 is 0 Å². The monoisotopic (exact) mass is 254 g/mol. The minimum atomic E-state index is -0.863. The van der Waals surface area contributed by atoms with Crippen molar-refractivity contribution in [2.45, 2.75) is 45.1 Å². The fourth-order valence-electron chi connectivity index (χ4n) is 2.20. The number of nitrogens with zero attached hydrogens (tertiary/aromatic N) is 1. The summed E-state index contributed by atoms with van der Waals surface area (Å²) in [6, 6.07) is -0.193. The zero-order chi connectivity index (χ0) is 13.8. The van der Waals surface area contributed by atoms with Gasteiger partial charge in [-0.3, -0.25) is 4.79 Å². The summed E-state index contributed by atoms with van der Waals surface area (Å²) in [6.45, 7) is 8.64. The van der Waals surface area contributed by atoms with Crippen LogP contribution in [0.1, 0.15) is 39.5 Å². The lowest BCUT2D eigenvalue weighted by Crippen LogP contribution is -2.58. The quantitative estimate of drug-likeness (QED) is 0.712. The zero-order valence-electron chi connectivity index (χ0n) is 11.2. The minimum Gasteiger partial charge on any atom is -0.481 e. The van der Waals surface area contributed by atoms with Crippen LogP contribution in [0.5, 0.6) is 0 Å². The van der Waals surface area contributed by atoms with Crippen LogP contribution in [0.25, 0.3) is 0 Å². The van der Waals surface area contributed by atoms with Crippen LogP contribution >= 0.6 is 0 Å². The topological polar surface area (TPSA) is 69.6 Å². The van der Waals surface area contributed by atoms with E-state index in [0.717, 1.165) is 24.8 Å². The fraction of sp³-hybridized carbons (Fsp3) is 0.692. The molecule has 1 fully saturated rings. The molecule has 0 saturated heterocycles. The fourth-order valence-corrected chi connectivity index (χ4v) is 2.20. The Morgan fingerprint density at radius 3 is 2.39 bits per heavy atom. The summed E-state index contributed by atoms with van der Waals surface area (Å²) >= 11 is 0. The number of carboxylic acid groups (broad SMARTS) is 1. The van der Waals surface area contributed by atoms with Crippen LogP contribution < -0.4 is 5.32 Å². The molecule has 0 aromatic rings.